The lowest BCUT2D eigenvalue weighted by Gasteiger charge is -2.25. The summed E-state index contributed by atoms with van der Waals surface area (Å²) >= 11 is 1.41. The average Bonchev–Trinajstić information content (AvgIpc) is 2.40. The lowest BCUT2D eigenvalue weighted by Crippen LogP contribution is -2.34. The Bertz CT molecular complexity index is 216. The van der Waals surface area contributed by atoms with E-state index >= 15 is 0 Å². The zero-order chi connectivity index (χ0) is 15.4. The molecule has 2 nitrogen and oxygen atoms in total. The largest absolute Gasteiger partial charge is 0.333 e. The average molecular weight is 302 g/mol. The van der Waals surface area contributed by atoms with Crippen LogP contribution in [0.15, 0.2) is 0 Å². The second-order valence-electron chi connectivity index (χ2n) is 6.51. The summed E-state index contributed by atoms with van der Waals surface area (Å²) in [5.41, 5.74) is 0. The molecule has 0 unspecified atom stereocenters. The summed E-state index contributed by atoms with van der Waals surface area (Å²) < 4.78 is 0. The van der Waals surface area contributed by atoms with Crippen LogP contribution in [-0.2, 0) is 0 Å². The van der Waals surface area contributed by atoms with Gasteiger partial charge in [0.2, 0.25) is 0 Å². The molecule has 0 radical (unpaired) electrons. The van der Waals surface area contributed by atoms with Gasteiger partial charge in [-0.15, -0.1) is 0 Å². The predicted molar refractivity (Wildman–Crippen MR) is 92.5 cm³/mol. The lowest BCUT2D eigenvalue weighted by atomic mass is 10.0. The first-order chi connectivity index (χ1) is 9.47. The molecule has 20 heavy (non-hydrogen) atoms. The highest BCUT2D eigenvalue weighted by Crippen LogP contribution is 2.15. The number of amides is 1. The van der Waals surface area contributed by atoms with E-state index in [1.807, 2.05) is 11.8 Å². The van der Waals surface area contributed by atoms with Crippen molar-refractivity contribution in [3.8, 4) is 0 Å². The SMILES string of the molecule is C1CCCCC1.CCSC(=O)N(CC(C)C)CC(C)C. The zero-order valence-electron chi connectivity index (χ0n) is 14.3. The molecule has 0 aromatic rings. The molecule has 1 amide bonds. The van der Waals surface area contributed by atoms with Gasteiger partial charge in [-0.05, 0) is 17.6 Å². The minimum atomic E-state index is 0.231. The van der Waals surface area contributed by atoms with Gasteiger partial charge in [0.15, 0.2) is 0 Å². The molecule has 0 N–H and O–H groups in total. The van der Waals surface area contributed by atoms with Gasteiger partial charge in [-0.3, -0.25) is 4.79 Å². The Morgan fingerprint density at radius 3 is 1.50 bits per heavy atom. The van der Waals surface area contributed by atoms with Crippen molar-refractivity contribution in [1.82, 2.24) is 4.90 Å². The zero-order valence-corrected chi connectivity index (χ0v) is 15.1. The van der Waals surface area contributed by atoms with Crippen molar-refractivity contribution in [3.63, 3.8) is 0 Å². The lowest BCUT2D eigenvalue weighted by molar-refractivity contribution is 0.208. The van der Waals surface area contributed by atoms with Gasteiger partial charge in [0, 0.05) is 13.1 Å². The Labute approximate surface area is 131 Å². The maximum atomic E-state index is 11.7. The minimum Gasteiger partial charge on any atom is -0.333 e. The molecule has 1 saturated carbocycles. The van der Waals surface area contributed by atoms with Crippen LogP contribution < -0.4 is 0 Å². The molecular formula is C17H35NOS. The summed E-state index contributed by atoms with van der Waals surface area (Å²) in [7, 11) is 0. The summed E-state index contributed by atoms with van der Waals surface area (Å²) in [5.74, 6) is 1.97. The summed E-state index contributed by atoms with van der Waals surface area (Å²) in [6.07, 6.45) is 9.00. The van der Waals surface area contributed by atoms with E-state index in [2.05, 4.69) is 27.7 Å². The molecule has 1 aliphatic rings. The van der Waals surface area contributed by atoms with Crippen molar-refractivity contribution in [3.05, 3.63) is 0 Å². The summed E-state index contributed by atoms with van der Waals surface area (Å²) in [5, 5.41) is 0.231. The van der Waals surface area contributed by atoms with E-state index in [0.717, 1.165) is 18.8 Å². The first-order valence-corrected chi connectivity index (χ1v) is 9.37. The number of carbonyl (C=O) groups excluding carboxylic acids is 1. The van der Waals surface area contributed by atoms with Gasteiger partial charge >= 0.3 is 0 Å². The molecule has 0 aromatic heterocycles. The van der Waals surface area contributed by atoms with Gasteiger partial charge in [0.05, 0.1) is 0 Å². The summed E-state index contributed by atoms with van der Waals surface area (Å²) in [6.45, 7) is 12.4. The monoisotopic (exact) mass is 301 g/mol. The highest BCUT2D eigenvalue weighted by molar-refractivity contribution is 8.13. The number of thioether (sulfide) groups is 1. The maximum Gasteiger partial charge on any atom is 0.281 e. The van der Waals surface area contributed by atoms with Gasteiger partial charge in [0.1, 0.15) is 0 Å². The number of nitrogens with zero attached hydrogens (tertiary/aromatic N) is 1. The molecule has 0 heterocycles. The van der Waals surface area contributed by atoms with Crippen LogP contribution >= 0.6 is 11.8 Å². The van der Waals surface area contributed by atoms with Crippen molar-refractivity contribution in [2.24, 2.45) is 11.8 Å². The normalized spacial score (nSPS) is 14.9. The maximum absolute atomic E-state index is 11.7. The molecule has 1 rings (SSSR count). The fourth-order valence-electron chi connectivity index (χ4n) is 2.38. The minimum absolute atomic E-state index is 0.231. The Hall–Kier alpha value is -0.180. The van der Waals surface area contributed by atoms with Crippen molar-refractivity contribution in [2.75, 3.05) is 18.8 Å². The third kappa shape index (κ3) is 11.6. The molecule has 120 valence electrons. The Morgan fingerprint density at radius 1 is 0.900 bits per heavy atom. The third-order valence-electron chi connectivity index (χ3n) is 3.20. The molecule has 0 aromatic carbocycles. The van der Waals surface area contributed by atoms with Gasteiger partial charge < -0.3 is 4.90 Å². The fraction of sp³-hybridized carbons (Fsp3) is 0.941. The Kier molecular flexibility index (Phi) is 12.4. The van der Waals surface area contributed by atoms with Crippen LogP contribution in [0, 0.1) is 11.8 Å². The Balaban J connectivity index is 0.000000493. The van der Waals surface area contributed by atoms with Gasteiger partial charge in [-0.1, -0.05) is 84.9 Å². The second kappa shape index (κ2) is 12.6. The van der Waals surface area contributed by atoms with Gasteiger partial charge in [0.25, 0.3) is 5.24 Å². The van der Waals surface area contributed by atoms with Gasteiger partial charge in [-0.25, -0.2) is 0 Å². The highest BCUT2D eigenvalue weighted by Gasteiger charge is 2.15. The van der Waals surface area contributed by atoms with E-state index in [1.54, 1.807) is 0 Å². The quantitative estimate of drug-likeness (QED) is 0.638. The van der Waals surface area contributed by atoms with Crippen LogP contribution in [0.2, 0.25) is 0 Å². The molecule has 0 bridgehead atoms. The molecular weight excluding hydrogens is 266 g/mol. The smallest absolute Gasteiger partial charge is 0.281 e. The van der Waals surface area contributed by atoms with E-state index in [9.17, 15) is 4.79 Å². The molecule has 1 aliphatic carbocycles. The van der Waals surface area contributed by atoms with Crippen LogP contribution in [0.5, 0.6) is 0 Å². The van der Waals surface area contributed by atoms with Crippen molar-refractivity contribution in [2.45, 2.75) is 73.1 Å². The Morgan fingerprint density at radius 2 is 1.25 bits per heavy atom. The number of rotatable bonds is 5. The van der Waals surface area contributed by atoms with Crippen molar-refractivity contribution in [1.29, 1.82) is 0 Å². The second-order valence-corrected chi connectivity index (χ2v) is 7.73. The first kappa shape index (κ1) is 19.8. The van der Waals surface area contributed by atoms with Crippen molar-refractivity contribution >= 4 is 17.0 Å². The van der Waals surface area contributed by atoms with Crippen LogP contribution in [0.1, 0.15) is 73.1 Å². The topological polar surface area (TPSA) is 20.3 Å². The van der Waals surface area contributed by atoms with E-state index in [1.165, 1.54) is 50.3 Å². The number of hydrogen-bond donors (Lipinski definition) is 0. The molecule has 1 fully saturated rings. The van der Waals surface area contributed by atoms with Crippen LogP contribution in [-0.4, -0.2) is 29.0 Å². The van der Waals surface area contributed by atoms with Crippen molar-refractivity contribution < 1.29 is 4.79 Å². The predicted octanol–water partition coefficient (Wildman–Crippen LogP) is 5.81. The van der Waals surface area contributed by atoms with E-state index in [-0.39, 0.29) is 5.24 Å². The highest BCUT2D eigenvalue weighted by atomic mass is 32.2. The molecule has 0 saturated heterocycles. The standard InChI is InChI=1S/C11H23NOS.C6H12/c1-6-14-11(13)12(7-9(2)3)8-10(4)5;1-2-4-6-5-3-1/h9-10H,6-8H2,1-5H3;1-6H2. The van der Waals surface area contributed by atoms with Crippen LogP contribution in [0.4, 0.5) is 4.79 Å². The summed E-state index contributed by atoms with van der Waals surface area (Å²) in [6, 6.07) is 0. The number of carbonyl (C=O) groups is 1. The van der Waals surface area contributed by atoms with Crippen LogP contribution in [0.3, 0.4) is 0 Å². The summed E-state index contributed by atoms with van der Waals surface area (Å²) in [4.78, 5) is 13.7. The number of hydrogen-bond acceptors (Lipinski definition) is 2. The molecule has 0 aliphatic heterocycles. The molecule has 3 heteroatoms. The first-order valence-electron chi connectivity index (χ1n) is 8.39. The third-order valence-corrected chi connectivity index (χ3v) is 3.99. The fourth-order valence-corrected chi connectivity index (χ4v) is 2.96. The van der Waals surface area contributed by atoms with Gasteiger partial charge in [-0.2, -0.15) is 0 Å². The van der Waals surface area contributed by atoms with E-state index in [4.69, 9.17) is 0 Å². The molecule has 0 atom stereocenters. The van der Waals surface area contributed by atoms with Crippen LogP contribution in [0.25, 0.3) is 0 Å². The molecule has 0 spiro atoms. The van der Waals surface area contributed by atoms with E-state index in [0.29, 0.717) is 11.8 Å². The van der Waals surface area contributed by atoms with E-state index < -0.39 is 0 Å².